The summed E-state index contributed by atoms with van der Waals surface area (Å²) in [5, 5.41) is 0.751. The van der Waals surface area contributed by atoms with Crippen LogP contribution in [-0.2, 0) is 7.97 Å². The van der Waals surface area contributed by atoms with Crippen molar-refractivity contribution in [2.75, 3.05) is 11.3 Å². The van der Waals surface area contributed by atoms with Gasteiger partial charge in [-0.25, -0.2) is 4.21 Å². The third-order valence-electron chi connectivity index (χ3n) is 0.211. The van der Waals surface area contributed by atoms with Gasteiger partial charge in [0, 0.05) is 21.2 Å². The Hall–Kier alpha value is 1.23. The largest absolute Gasteiger partial charge is 0.248 e. The Bertz CT molecular complexity index is 55.5. The lowest BCUT2D eigenvalue weighted by Crippen LogP contribution is -1.75. The molecule has 0 aliphatic rings. The molecule has 0 aliphatic heterocycles. The van der Waals surface area contributed by atoms with E-state index in [0.717, 1.165) is 5.08 Å². The summed E-state index contributed by atoms with van der Waals surface area (Å²) < 4.78 is 10.1. The molecule has 38 valence electrons. The number of halogens is 1. The first-order valence-electron chi connectivity index (χ1n) is 1.31. The minimum atomic E-state index is -0.633. The fourth-order valence-corrected chi connectivity index (χ4v) is 3.12. The topological polar surface area (TPSA) is 17.1 Å². The summed E-state index contributed by atoms with van der Waals surface area (Å²) in [6, 6.07) is 0. The minimum absolute atomic E-state index is 0.633. The van der Waals surface area contributed by atoms with E-state index in [1.807, 2.05) is 27.5 Å². The Balaban J connectivity index is 2.83. The third kappa shape index (κ3) is 5.23. The van der Waals surface area contributed by atoms with E-state index in [1.54, 1.807) is 11.8 Å². The van der Waals surface area contributed by atoms with Crippen LogP contribution in [0.25, 0.3) is 0 Å². The van der Waals surface area contributed by atoms with Crippen LogP contribution in [0.5, 0.6) is 0 Å². The number of thioether (sulfide) groups is 1. The molecular formula is C2H5IOS2. The van der Waals surface area contributed by atoms with Crippen molar-refractivity contribution in [3.05, 3.63) is 0 Å². The van der Waals surface area contributed by atoms with E-state index in [1.165, 1.54) is 0 Å². The van der Waals surface area contributed by atoms with Crippen molar-refractivity contribution in [1.82, 2.24) is 0 Å². The van der Waals surface area contributed by atoms with Gasteiger partial charge < -0.3 is 0 Å². The number of hydrogen-bond donors (Lipinski definition) is 0. The molecule has 1 atom stereocenters. The van der Waals surface area contributed by atoms with Gasteiger partial charge in [-0.2, -0.15) is 11.8 Å². The predicted octanol–water partition coefficient (Wildman–Crippen LogP) is 1.41. The van der Waals surface area contributed by atoms with Gasteiger partial charge in [-0.3, -0.25) is 0 Å². The molecule has 0 saturated carbocycles. The summed E-state index contributed by atoms with van der Waals surface area (Å²) in [7, 11) is -0.633. The Kier molecular flexibility index (Phi) is 5.29. The highest BCUT2D eigenvalue weighted by Crippen LogP contribution is 2.01. The van der Waals surface area contributed by atoms with Crippen LogP contribution in [0.1, 0.15) is 0 Å². The average molecular weight is 236 g/mol. The maximum atomic E-state index is 10.1. The quantitative estimate of drug-likeness (QED) is 0.532. The van der Waals surface area contributed by atoms with Crippen LogP contribution in [0.2, 0.25) is 0 Å². The van der Waals surface area contributed by atoms with Gasteiger partial charge in [0.05, 0.1) is 13.1 Å². The lowest BCUT2D eigenvalue weighted by atomic mass is 11.9. The highest BCUT2D eigenvalue weighted by molar-refractivity contribution is 14.2. The van der Waals surface area contributed by atoms with Gasteiger partial charge in [0.25, 0.3) is 0 Å². The molecule has 4 heteroatoms. The monoisotopic (exact) mass is 236 g/mol. The van der Waals surface area contributed by atoms with Crippen LogP contribution in [0.4, 0.5) is 0 Å². The van der Waals surface area contributed by atoms with E-state index >= 15 is 0 Å². The lowest BCUT2D eigenvalue weighted by molar-refractivity contribution is 0.695. The van der Waals surface area contributed by atoms with Gasteiger partial charge in [-0.15, -0.1) is 0 Å². The first-order valence-corrected chi connectivity index (χ1v) is 6.56. The van der Waals surface area contributed by atoms with Crippen molar-refractivity contribution in [3.63, 3.8) is 0 Å². The second-order valence-corrected chi connectivity index (χ2v) is 5.74. The first kappa shape index (κ1) is 7.23. The summed E-state index contributed by atoms with van der Waals surface area (Å²) in [6.07, 6.45) is 1.94. The molecule has 0 rings (SSSR count). The van der Waals surface area contributed by atoms with Crippen LogP contribution in [0.15, 0.2) is 0 Å². The maximum Gasteiger partial charge on any atom is 0.0936 e. The van der Waals surface area contributed by atoms with Gasteiger partial charge in [0.1, 0.15) is 0 Å². The van der Waals surface area contributed by atoms with Crippen LogP contribution in [0, 0.1) is 0 Å². The van der Waals surface area contributed by atoms with Gasteiger partial charge in [-0.05, 0) is 6.26 Å². The molecule has 1 unspecified atom stereocenters. The zero-order valence-corrected chi connectivity index (χ0v) is 7.10. The zero-order valence-electron chi connectivity index (χ0n) is 3.31. The molecule has 0 bridgehead atoms. The van der Waals surface area contributed by atoms with Gasteiger partial charge >= 0.3 is 0 Å². The van der Waals surface area contributed by atoms with E-state index in [2.05, 4.69) is 0 Å². The lowest BCUT2D eigenvalue weighted by Gasteiger charge is -1.80. The normalized spacial score (nSPS) is 14.3. The van der Waals surface area contributed by atoms with Crippen LogP contribution in [0.3, 0.4) is 0 Å². The summed E-state index contributed by atoms with van der Waals surface area (Å²) in [5.41, 5.74) is 0. The maximum absolute atomic E-state index is 10.1. The van der Waals surface area contributed by atoms with E-state index in [4.69, 9.17) is 0 Å². The molecule has 0 fully saturated rings. The van der Waals surface area contributed by atoms with Crippen LogP contribution >= 0.6 is 33.0 Å². The second-order valence-electron chi connectivity index (χ2n) is 0.696. The van der Waals surface area contributed by atoms with Crippen molar-refractivity contribution >= 4 is 40.9 Å². The fourth-order valence-electron chi connectivity index (χ4n) is 0.0927. The summed E-state index contributed by atoms with van der Waals surface area (Å²) in [4.78, 5) is 0. The van der Waals surface area contributed by atoms with Crippen molar-refractivity contribution in [3.8, 4) is 0 Å². The van der Waals surface area contributed by atoms with Gasteiger partial charge in [0.15, 0.2) is 0 Å². The molecule has 0 aromatic heterocycles. The standard InChI is InChI=1S/C2H5IOS2/c1-5-2-6(3)4/h2H2,1H3. The van der Waals surface area contributed by atoms with Crippen molar-refractivity contribution < 1.29 is 4.21 Å². The number of hydrogen-bond acceptors (Lipinski definition) is 2. The molecule has 0 heterocycles. The van der Waals surface area contributed by atoms with Gasteiger partial charge in [0.2, 0.25) is 0 Å². The summed E-state index contributed by atoms with van der Waals surface area (Å²) in [5.74, 6) is 0. The molecule has 0 amide bonds. The summed E-state index contributed by atoms with van der Waals surface area (Å²) >= 11 is 3.50. The Morgan fingerprint density at radius 1 is 2.00 bits per heavy atom. The van der Waals surface area contributed by atoms with E-state index in [9.17, 15) is 4.21 Å². The average Bonchev–Trinajstić information content (AvgIpc) is 1.35. The molecule has 0 aromatic carbocycles. The highest BCUT2D eigenvalue weighted by Gasteiger charge is 1.83. The minimum Gasteiger partial charge on any atom is -0.248 e. The molecule has 0 aromatic rings. The van der Waals surface area contributed by atoms with Crippen molar-refractivity contribution in [2.45, 2.75) is 0 Å². The van der Waals surface area contributed by atoms with Gasteiger partial charge in [-0.1, -0.05) is 0 Å². The second kappa shape index (κ2) is 4.39. The Morgan fingerprint density at radius 2 is 2.50 bits per heavy atom. The fraction of sp³-hybridized carbons (Fsp3) is 1.00. The van der Waals surface area contributed by atoms with Crippen molar-refractivity contribution in [2.24, 2.45) is 0 Å². The smallest absolute Gasteiger partial charge is 0.0936 e. The Labute approximate surface area is 56.3 Å². The molecule has 0 N–H and O–H groups in total. The van der Waals surface area contributed by atoms with Crippen molar-refractivity contribution in [1.29, 1.82) is 0 Å². The first-order chi connectivity index (χ1) is 2.77. The van der Waals surface area contributed by atoms with Crippen LogP contribution < -0.4 is 0 Å². The molecule has 0 aliphatic carbocycles. The van der Waals surface area contributed by atoms with E-state index in [-0.39, 0.29) is 0 Å². The zero-order chi connectivity index (χ0) is 4.99. The summed E-state index contributed by atoms with van der Waals surface area (Å²) in [6.45, 7) is 0. The molecule has 1 nitrogen and oxygen atoms in total. The molecule has 0 radical (unpaired) electrons. The predicted molar refractivity (Wildman–Crippen MR) is 40.5 cm³/mol. The molecule has 6 heavy (non-hydrogen) atoms. The molecule has 0 saturated heterocycles. The Morgan fingerprint density at radius 3 is 2.50 bits per heavy atom. The highest BCUT2D eigenvalue weighted by atomic mass is 127. The SMILES string of the molecule is CSCS(=O)I. The van der Waals surface area contributed by atoms with E-state index in [0.29, 0.717) is 0 Å². The molecule has 0 spiro atoms. The van der Waals surface area contributed by atoms with Crippen LogP contribution in [-0.4, -0.2) is 15.5 Å². The molecular weight excluding hydrogens is 231 g/mol. The number of rotatable bonds is 2. The third-order valence-corrected chi connectivity index (χ3v) is 4.18. The van der Waals surface area contributed by atoms with E-state index < -0.39 is 7.97 Å².